The highest BCUT2D eigenvalue weighted by Gasteiger charge is 2.39. The van der Waals surface area contributed by atoms with E-state index in [4.69, 9.17) is 0 Å². The van der Waals surface area contributed by atoms with Crippen LogP contribution in [-0.4, -0.2) is 23.9 Å². The average molecular weight is 386 g/mol. The SMILES string of the molecule is CCCC1NC(=O)C(CC)N(c2cccc(I)c2)C1=O. The Morgan fingerprint density at radius 1 is 1.30 bits per heavy atom. The maximum atomic E-state index is 12.7. The fourth-order valence-corrected chi connectivity index (χ4v) is 3.08. The van der Waals surface area contributed by atoms with Gasteiger partial charge >= 0.3 is 0 Å². The third kappa shape index (κ3) is 2.97. The van der Waals surface area contributed by atoms with Gasteiger partial charge in [0.25, 0.3) is 0 Å². The van der Waals surface area contributed by atoms with Crippen LogP contribution < -0.4 is 10.2 Å². The van der Waals surface area contributed by atoms with Crippen molar-refractivity contribution < 1.29 is 9.59 Å². The summed E-state index contributed by atoms with van der Waals surface area (Å²) in [5, 5.41) is 2.85. The Morgan fingerprint density at radius 2 is 2.05 bits per heavy atom. The van der Waals surface area contributed by atoms with Crippen LogP contribution in [-0.2, 0) is 9.59 Å². The third-order valence-electron chi connectivity index (χ3n) is 3.52. The predicted octanol–water partition coefficient (Wildman–Crippen LogP) is 2.70. The standard InChI is InChI=1S/C15H19IN2O2/c1-3-6-12-15(20)18(13(4-2)14(19)17-12)11-8-5-7-10(16)9-11/h5,7-9,12-13H,3-4,6H2,1-2H3,(H,17,19). The first-order chi connectivity index (χ1) is 9.58. The number of rotatable bonds is 4. The summed E-state index contributed by atoms with van der Waals surface area (Å²) in [6.07, 6.45) is 2.16. The Hall–Kier alpha value is -1.11. The van der Waals surface area contributed by atoms with Crippen LogP contribution in [0.2, 0.25) is 0 Å². The van der Waals surface area contributed by atoms with Gasteiger partial charge in [0.2, 0.25) is 11.8 Å². The summed E-state index contributed by atoms with van der Waals surface area (Å²) in [6.45, 7) is 3.94. The number of halogens is 1. The van der Waals surface area contributed by atoms with Crippen LogP contribution in [0.15, 0.2) is 24.3 Å². The second-order valence-corrected chi connectivity index (χ2v) is 6.21. The molecule has 108 valence electrons. The normalized spacial score (nSPS) is 22.9. The monoisotopic (exact) mass is 386 g/mol. The van der Waals surface area contributed by atoms with Crippen LogP contribution in [0.3, 0.4) is 0 Å². The van der Waals surface area contributed by atoms with Crippen molar-refractivity contribution in [3.63, 3.8) is 0 Å². The maximum absolute atomic E-state index is 12.7. The van der Waals surface area contributed by atoms with Gasteiger partial charge in [-0.1, -0.05) is 26.3 Å². The molecule has 1 aromatic rings. The predicted molar refractivity (Wildman–Crippen MR) is 87.6 cm³/mol. The molecule has 2 amide bonds. The number of piperazine rings is 1. The molecule has 0 spiro atoms. The molecular weight excluding hydrogens is 367 g/mol. The molecule has 2 rings (SSSR count). The molecule has 0 radical (unpaired) electrons. The van der Waals surface area contributed by atoms with Crippen LogP contribution in [0.4, 0.5) is 5.69 Å². The quantitative estimate of drug-likeness (QED) is 0.810. The Labute approximate surface area is 133 Å². The smallest absolute Gasteiger partial charge is 0.250 e. The lowest BCUT2D eigenvalue weighted by Gasteiger charge is -2.38. The molecule has 1 aliphatic heterocycles. The van der Waals surface area contributed by atoms with Gasteiger partial charge in [-0.15, -0.1) is 0 Å². The Morgan fingerprint density at radius 3 is 2.65 bits per heavy atom. The molecule has 1 aliphatic rings. The summed E-state index contributed by atoms with van der Waals surface area (Å²) in [6, 6.07) is 6.93. The topological polar surface area (TPSA) is 49.4 Å². The number of nitrogens with one attached hydrogen (secondary N) is 1. The first-order valence-corrected chi connectivity index (χ1v) is 8.05. The summed E-state index contributed by atoms with van der Waals surface area (Å²) in [5.41, 5.74) is 0.810. The van der Waals surface area contributed by atoms with E-state index < -0.39 is 12.1 Å². The Kier molecular flexibility index (Phi) is 5.01. The van der Waals surface area contributed by atoms with E-state index in [1.807, 2.05) is 38.1 Å². The zero-order valence-electron chi connectivity index (χ0n) is 11.7. The van der Waals surface area contributed by atoms with Crippen molar-refractivity contribution >= 4 is 40.1 Å². The molecule has 1 fully saturated rings. The molecule has 4 nitrogen and oxygen atoms in total. The summed E-state index contributed by atoms with van der Waals surface area (Å²) in [5.74, 6) is -0.0512. The molecule has 1 heterocycles. The molecular formula is C15H19IN2O2. The molecule has 0 bridgehead atoms. The van der Waals surface area contributed by atoms with E-state index in [0.29, 0.717) is 12.8 Å². The van der Waals surface area contributed by atoms with E-state index in [0.717, 1.165) is 15.7 Å². The van der Waals surface area contributed by atoms with Crippen LogP contribution in [0.25, 0.3) is 0 Å². The van der Waals surface area contributed by atoms with Crippen molar-refractivity contribution in [2.75, 3.05) is 4.90 Å². The second-order valence-electron chi connectivity index (χ2n) is 4.96. The molecule has 1 aromatic carbocycles. The molecule has 0 saturated carbocycles. The Bertz CT molecular complexity index is 518. The molecule has 1 N–H and O–H groups in total. The lowest BCUT2D eigenvalue weighted by atomic mass is 10.0. The Balaban J connectivity index is 2.38. The number of carbonyl (C=O) groups excluding carboxylic acids is 2. The summed E-state index contributed by atoms with van der Waals surface area (Å²) in [7, 11) is 0. The van der Waals surface area contributed by atoms with Gasteiger partial charge in [0, 0.05) is 9.26 Å². The lowest BCUT2D eigenvalue weighted by Crippen LogP contribution is -2.63. The first kappa shape index (κ1) is 15.3. The number of benzene rings is 1. The zero-order valence-corrected chi connectivity index (χ0v) is 13.9. The third-order valence-corrected chi connectivity index (χ3v) is 4.19. The van der Waals surface area contributed by atoms with Gasteiger partial charge in [0.15, 0.2) is 0 Å². The first-order valence-electron chi connectivity index (χ1n) is 6.97. The summed E-state index contributed by atoms with van der Waals surface area (Å²) >= 11 is 2.22. The van der Waals surface area contributed by atoms with Gasteiger partial charge in [-0.05, 0) is 53.6 Å². The van der Waals surface area contributed by atoms with Gasteiger partial charge in [-0.3, -0.25) is 14.5 Å². The van der Waals surface area contributed by atoms with E-state index in [2.05, 4.69) is 27.9 Å². The highest BCUT2D eigenvalue weighted by molar-refractivity contribution is 14.1. The number of amides is 2. The number of carbonyl (C=O) groups is 2. The van der Waals surface area contributed by atoms with Crippen molar-refractivity contribution in [2.24, 2.45) is 0 Å². The fraction of sp³-hybridized carbons (Fsp3) is 0.467. The fourth-order valence-electron chi connectivity index (χ4n) is 2.55. The van der Waals surface area contributed by atoms with Crippen LogP contribution in [0.5, 0.6) is 0 Å². The van der Waals surface area contributed by atoms with E-state index in [9.17, 15) is 9.59 Å². The molecule has 2 unspecified atom stereocenters. The molecule has 2 atom stereocenters. The van der Waals surface area contributed by atoms with E-state index in [1.165, 1.54) is 0 Å². The van der Waals surface area contributed by atoms with Gasteiger partial charge in [-0.25, -0.2) is 0 Å². The summed E-state index contributed by atoms with van der Waals surface area (Å²) < 4.78 is 1.06. The highest BCUT2D eigenvalue weighted by Crippen LogP contribution is 2.25. The van der Waals surface area contributed by atoms with Crippen molar-refractivity contribution in [1.82, 2.24) is 5.32 Å². The van der Waals surface area contributed by atoms with E-state index in [-0.39, 0.29) is 11.8 Å². The van der Waals surface area contributed by atoms with Crippen LogP contribution in [0, 0.1) is 3.57 Å². The minimum Gasteiger partial charge on any atom is -0.342 e. The number of hydrogen-bond acceptors (Lipinski definition) is 2. The minimum atomic E-state index is -0.409. The van der Waals surface area contributed by atoms with Crippen molar-refractivity contribution in [1.29, 1.82) is 0 Å². The van der Waals surface area contributed by atoms with Crippen LogP contribution in [0.1, 0.15) is 33.1 Å². The molecule has 0 aliphatic carbocycles. The van der Waals surface area contributed by atoms with Gasteiger partial charge < -0.3 is 5.32 Å². The lowest BCUT2D eigenvalue weighted by molar-refractivity contribution is -0.134. The maximum Gasteiger partial charge on any atom is 0.250 e. The molecule has 0 aromatic heterocycles. The van der Waals surface area contributed by atoms with E-state index >= 15 is 0 Å². The van der Waals surface area contributed by atoms with Crippen molar-refractivity contribution in [2.45, 2.75) is 45.2 Å². The number of hydrogen-bond donors (Lipinski definition) is 1. The van der Waals surface area contributed by atoms with Gasteiger partial charge in [0.1, 0.15) is 12.1 Å². The summed E-state index contributed by atoms with van der Waals surface area (Å²) in [4.78, 5) is 26.5. The van der Waals surface area contributed by atoms with E-state index in [1.54, 1.807) is 4.90 Å². The van der Waals surface area contributed by atoms with Crippen LogP contribution >= 0.6 is 22.6 Å². The number of anilines is 1. The van der Waals surface area contributed by atoms with Crippen molar-refractivity contribution in [3.8, 4) is 0 Å². The molecule has 5 heteroatoms. The highest BCUT2D eigenvalue weighted by atomic mass is 127. The van der Waals surface area contributed by atoms with Crippen molar-refractivity contribution in [3.05, 3.63) is 27.8 Å². The average Bonchev–Trinajstić information content (AvgIpc) is 2.42. The number of nitrogens with zero attached hydrogens (tertiary/aromatic N) is 1. The molecule has 1 saturated heterocycles. The second kappa shape index (κ2) is 6.56. The zero-order chi connectivity index (χ0) is 14.7. The van der Waals surface area contributed by atoms with Gasteiger partial charge in [0.05, 0.1) is 0 Å². The largest absolute Gasteiger partial charge is 0.342 e. The molecule has 20 heavy (non-hydrogen) atoms. The minimum absolute atomic E-state index is 0.000278. The van der Waals surface area contributed by atoms with Gasteiger partial charge in [-0.2, -0.15) is 0 Å².